The topological polar surface area (TPSA) is 20.3 Å². The van der Waals surface area contributed by atoms with Crippen LogP contribution in [0.15, 0.2) is 12.1 Å². The van der Waals surface area contributed by atoms with Gasteiger partial charge in [0.15, 0.2) is 0 Å². The highest BCUT2D eigenvalue weighted by molar-refractivity contribution is 9.09. The van der Waals surface area contributed by atoms with Crippen molar-refractivity contribution in [2.75, 3.05) is 18.4 Å². The average Bonchev–Trinajstić information content (AvgIpc) is 2.97. The third-order valence-corrected chi connectivity index (χ3v) is 5.15. The lowest BCUT2D eigenvalue weighted by Gasteiger charge is -2.14. The molecule has 0 spiro atoms. The second-order valence-electron chi connectivity index (χ2n) is 4.18. The molecule has 16 heavy (non-hydrogen) atoms. The largest absolute Gasteiger partial charge is 0.338 e. The Bertz CT molecular complexity index is 377. The van der Waals surface area contributed by atoms with E-state index in [9.17, 15) is 4.79 Å². The quantitative estimate of drug-likeness (QED) is 0.785. The molecule has 2 nitrogen and oxygen atoms in total. The summed E-state index contributed by atoms with van der Waals surface area (Å²) in [5.41, 5.74) is 0. The lowest BCUT2D eigenvalue weighted by Crippen LogP contribution is -2.28. The zero-order valence-electron chi connectivity index (χ0n) is 9.41. The monoisotopic (exact) mass is 301 g/mol. The Labute approximate surface area is 109 Å². The Morgan fingerprint density at radius 2 is 2.44 bits per heavy atom. The van der Waals surface area contributed by atoms with Crippen LogP contribution in [0.4, 0.5) is 0 Å². The summed E-state index contributed by atoms with van der Waals surface area (Å²) in [6, 6.07) is 4.03. The Kier molecular flexibility index (Phi) is 4.03. The second-order valence-corrected chi connectivity index (χ2v) is 6.00. The van der Waals surface area contributed by atoms with E-state index < -0.39 is 0 Å². The molecule has 1 saturated heterocycles. The van der Waals surface area contributed by atoms with E-state index in [1.807, 2.05) is 11.0 Å². The molecule has 0 saturated carbocycles. The fourth-order valence-electron chi connectivity index (χ4n) is 1.98. The van der Waals surface area contributed by atoms with Crippen LogP contribution in [0, 0.1) is 5.92 Å². The van der Waals surface area contributed by atoms with Crippen molar-refractivity contribution < 1.29 is 4.79 Å². The standard InChI is InChI=1S/C12H16BrNOS/c1-2-10-3-4-11(16-10)12(15)14-6-5-9(7-13)8-14/h3-4,9H,2,5-8H2,1H3. The Morgan fingerprint density at radius 1 is 1.62 bits per heavy atom. The minimum Gasteiger partial charge on any atom is -0.338 e. The van der Waals surface area contributed by atoms with E-state index in [1.165, 1.54) is 4.88 Å². The molecule has 2 heterocycles. The predicted octanol–water partition coefficient (Wildman–Crippen LogP) is 3.17. The van der Waals surface area contributed by atoms with Crippen LogP contribution in [-0.2, 0) is 6.42 Å². The molecule has 1 aliphatic heterocycles. The van der Waals surface area contributed by atoms with Gasteiger partial charge in [-0.05, 0) is 30.9 Å². The molecule has 1 amide bonds. The number of hydrogen-bond donors (Lipinski definition) is 0. The normalized spacial score (nSPS) is 20.4. The van der Waals surface area contributed by atoms with Gasteiger partial charge in [0.05, 0.1) is 4.88 Å². The van der Waals surface area contributed by atoms with Crippen molar-refractivity contribution in [3.05, 3.63) is 21.9 Å². The first kappa shape index (κ1) is 12.1. The van der Waals surface area contributed by atoms with Crippen LogP contribution in [0.1, 0.15) is 27.9 Å². The van der Waals surface area contributed by atoms with Crippen LogP contribution in [0.2, 0.25) is 0 Å². The second kappa shape index (κ2) is 5.32. The maximum atomic E-state index is 12.2. The molecule has 0 N–H and O–H groups in total. The minimum absolute atomic E-state index is 0.216. The van der Waals surface area contributed by atoms with Gasteiger partial charge < -0.3 is 4.90 Å². The van der Waals surface area contributed by atoms with Crippen LogP contribution in [0.3, 0.4) is 0 Å². The van der Waals surface area contributed by atoms with Gasteiger partial charge in [0, 0.05) is 23.3 Å². The van der Waals surface area contributed by atoms with E-state index >= 15 is 0 Å². The van der Waals surface area contributed by atoms with Crippen molar-refractivity contribution >= 4 is 33.2 Å². The van der Waals surface area contributed by atoms with Crippen molar-refractivity contribution in [3.8, 4) is 0 Å². The Balaban J connectivity index is 2.02. The molecule has 0 aromatic carbocycles. The first-order chi connectivity index (χ1) is 7.74. The van der Waals surface area contributed by atoms with Gasteiger partial charge in [-0.25, -0.2) is 0 Å². The van der Waals surface area contributed by atoms with Crippen LogP contribution in [0.5, 0.6) is 0 Å². The first-order valence-electron chi connectivity index (χ1n) is 5.68. The van der Waals surface area contributed by atoms with Crippen molar-refractivity contribution in [3.63, 3.8) is 0 Å². The van der Waals surface area contributed by atoms with Gasteiger partial charge in [0.1, 0.15) is 0 Å². The van der Waals surface area contributed by atoms with Gasteiger partial charge in [-0.2, -0.15) is 0 Å². The number of aryl methyl sites for hydroxylation is 1. The molecule has 1 fully saturated rings. The molecule has 4 heteroatoms. The van der Waals surface area contributed by atoms with E-state index in [0.29, 0.717) is 5.92 Å². The molecule has 1 atom stereocenters. The SMILES string of the molecule is CCc1ccc(C(=O)N2CCC(CBr)C2)s1. The fraction of sp³-hybridized carbons (Fsp3) is 0.583. The molecule has 0 radical (unpaired) electrons. The van der Waals surface area contributed by atoms with Crippen molar-refractivity contribution in [1.29, 1.82) is 0 Å². The van der Waals surface area contributed by atoms with Gasteiger partial charge in [-0.3, -0.25) is 4.79 Å². The molecule has 2 rings (SSSR count). The van der Waals surface area contributed by atoms with Crippen molar-refractivity contribution in [1.82, 2.24) is 4.90 Å². The van der Waals surface area contributed by atoms with E-state index in [0.717, 1.165) is 36.1 Å². The molecule has 0 aliphatic carbocycles. The summed E-state index contributed by atoms with van der Waals surface area (Å²) < 4.78 is 0. The maximum absolute atomic E-state index is 12.2. The van der Waals surface area contributed by atoms with E-state index in [4.69, 9.17) is 0 Å². The van der Waals surface area contributed by atoms with Crippen molar-refractivity contribution in [2.24, 2.45) is 5.92 Å². The molecular formula is C12H16BrNOS. The van der Waals surface area contributed by atoms with Gasteiger partial charge in [0.2, 0.25) is 0 Å². The van der Waals surface area contributed by atoms with Crippen LogP contribution in [0.25, 0.3) is 0 Å². The number of thiophene rings is 1. The number of hydrogen-bond acceptors (Lipinski definition) is 2. The number of amides is 1. The van der Waals surface area contributed by atoms with Crippen LogP contribution < -0.4 is 0 Å². The van der Waals surface area contributed by atoms with Gasteiger partial charge in [0.25, 0.3) is 5.91 Å². The molecule has 1 aliphatic rings. The summed E-state index contributed by atoms with van der Waals surface area (Å²) in [5, 5.41) is 1.00. The summed E-state index contributed by atoms with van der Waals surface area (Å²) in [4.78, 5) is 16.3. The third kappa shape index (κ3) is 2.48. The lowest BCUT2D eigenvalue weighted by molar-refractivity contribution is 0.0793. The average molecular weight is 302 g/mol. The smallest absolute Gasteiger partial charge is 0.263 e. The van der Waals surface area contributed by atoms with E-state index in [-0.39, 0.29) is 5.91 Å². The number of likely N-dealkylation sites (tertiary alicyclic amines) is 1. The fourth-order valence-corrected chi connectivity index (χ4v) is 3.43. The number of nitrogens with zero attached hydrogens (tertiary/aromatic N) is 1. The molecular weight excluding hydrogens is 286 g/mol. The Morgan fingerprint density at radius 3 is 3.00 bits per heavy atom. The summed E-state index contributed by atoms with van der Waals surface area (Å²) in [7, 11) is 0. The molecule has 1 aromatic rings. The lowest BCUT2D eigenvalue weighted by atomic mass is 10.2. The number of alkyl halides is 1. The molecule has 88 valence electrons. The van der Waals surface area contributed by atoms with Crippen LogP contribution in [-0.4, -0.2) is 29.2 Å². The summed E-state index contributed by atoms with van der Waals surface area (Å²) in [6.45, 7) is 3.94. The Hall–Kier alpha value is -0.350. The predicted molar refractivity (Wildman–Crippen MR) is 71.5 cm³/mol. The number of rotatable bonds is 3. The van der Waals surface area contributed by atoms with Crippen LogP contribution >= 0.6 is 27.3 Å². The first-order valence-corrected chi connectivity index (χ1v) is 7.62. The highest BCUT2D eigenvalue weighted by Crippen LogP contribution is 2.23. The number of carbonyl (C=O) groups excluding carboxylic acids is 1. The van der Waals surface area contributed by atoms with Gasteiger partial charge >= 0.3 is 0 Å². The molecule has 1 aromatic heterocycles. The maximum Gasteiger partial charge on any atom is 0.263 e. The van der Waals surface area contributed by atoms with Crippen molar-refractivity contribution in [2.45, 2.75) is 19.8 Å². The molecule has 0 bridgehead atoms. The third-order valence-electron chi connectivity index (χ3n) is 3.01. The summed E-state index contributed by atoms with van der Waals surface area (Å²) in [6.07, 6.45) is 2.14. The van der Waals surface area contributed by atoms with E-state index in [1.54, 1.807) is 11.3 Å². The zero-order valence-corrected chi connectivity index (χ0v) is 11.8. The van der Waals surface area contributed by atoms with Gasteiger partial charge in [-0.15, -0.1) is 11.3 Å². The summed E-state index contributed by atoms with van der Waals surface area (Å²) in [5.74, 6) is 0.850. The molecule has 1 unspecified atom stereocenters. The summed E-state index contributed by atoms with van der Waals surface area (Å²) >= 11 is 5.12. The highest BCUT2D eigenvalue weighted by atomic mass is 79.9. The van der Waals surface area contributed by atoms with E-state index in [2.05, 4.69) is 28.9 Å². The minimum atomic E-state index is 0.216. The van der Waals surface area contributed by atoms with Gasteiger partial charge in [-0.1, -0.05) is 22.9 Å². The number of halogens is 1. The number of carbonyl (C=O) groups is 1. The zero-order chi connectivity index (χ0) is 11.5. The highest BCUT2D eigenvalue weighted by Gasteiger charge is 2.26.